The molecule has 0 heterocycles. The van der Waals surface area contributed by atoms with Crippen LogP contribution < -0.4 is 0 Å². The van der Waals surface area contributed by atoms with E-state index in [1.54, 1.807) is 0 Å². The van der Waals surface area contributed by atoms with Gasteiger partial charge in [-0.15, -0.1) is 0 Å². The van der Waals surface area contributed by atoms with E-state index in [9.17, 15) is 4.79 Å². The first-order chi connectivity index (χ1) is 8.08. The molecule has 2 nitrogen and oxygen atoms in total. The van der Waals surface area contributed by atoms with Crippen molar-refractivity contribution in [3.05, 3.63) is 34.9 Å². The first-order valence-corrected chi connectivity index (χ1v) is 6.42. The average Bonchev–Trinajstić information content (AvgIpc) is 2.28. The van der Waals surface area contributed by atoms with E-state index in [0.29, 0.717) is 5.92 Å². The van der Waals surface area contributed by atoms with Crippen molar-refractivity contribution >= 4 is 5.97 Å². The number of hydrogen-bond donors (Lipinski definition) is 1. The van der Waals surface area contributed by atoms with Crippen LogP contribution in [0.5, 0.6) is 0 Å². The van der Waals surface area contributed by atoms with Gasteiger partial charge < -0.3 is 5.11 Å². The number of benzene rings is 1. The molecule has 1 atom stereocenters. The molecular formula is C15H20O2. The maximum absolute atomic E-state index is 10.9. The zero-order valence-corrected chi connectivity index (χ0v) is 10.6. The Morgan fingerprint density at radius 1 is 1.47 bits per heavy atom. The highest BCUT2D eigenvalue weighted by atomic mass is 16.4. The molecule has 1 aromatic rings. The number of fused-ring (bicyclic) bond motifs is 1. The fourth-order valence-electron chi connectivity index (χ4n) is 2.70. The monoisotopic (exact) mass is 232 g/mol. The van der Waals surface area contributed by atoms with Gasteiger partial charge in [-0.2, -0.15) is 0 Å². The van der Waals surface area contributed by atoms with Gasteiger partial charge in [-0.1, -0.05) is 32.0 Å². The van der Waals surface area contributed by atoms with Gasteiger partial charge in [-0.05, 0) is 47.8 Å². The summed E-state index contributed by atoms with van der Waals surface area (Å²) >= 11 is 0. The fraction of sp³-hybridized carbons (Fsp3) is 0.533. The molecule has 0 radical (unpaired) electrons. The number of carboxylic acid groups (broad SMARTS) is 1. The molecule has 2 rings (SSSR count). The summed E-state index contributed by atoms with van der Waals surface area (Å²) in [7, 11) is 0. The second kappa shape index (κ2) is 4.91. The maximum Gasteiger partial charge on any atom is 0.303 e. The topological polar surface area (TPSA) is 37.3 Å². The van der Waals surface area contributed by atoms with Crippen LogP contribution in [0.3, 0.4) is 0 Å². The Labute approximate surface area is 103 Å². The van der Waals surface area contributed by atoms with Crippen molar-refractivity contribution in [2.24, 2.45) is 0 Å². The summed E-state index contributed by atoms with van der Waals surface area (Å²) < 4.78 is 0. The predicted molar refractivity (Wildman–Crippen MR) is 68.5 cm³/mol. The highest BCUT2D eigenvalue weighted by Gasteiger charge is 2.22. The van der Waals surface area contributed by atoms with E-state index in [1.807, 2.05) is 0 Å². The van der Waals surface area contributed by atoms with E-state index in [4.69, 9.17) is 5.11 Å². The number of aryl methyl sites for hydroxylation is 1. The average molecular weight is 232 g/mol. The van der Waals surface area contributed by atoms with Crippen LogP contribution in [-0.2, 0) is 11.2 Å². The highest BCUT2D eigenvalue weighted by molar-refractivity contribution is 5.68. The van der Waals surface area contributed by atoms with Crippen LogP contribution in [-0.4, -0.2) is 11.1 Å². The molecule has 0 aliphatic heterocycles. The SMILES string of the molecule is CC(C)c1ccc2c(c1)C(CC(=O)O)CCC2. The van der Waals surface area contributed by atoms with E-state index in [2.05, 4.69) is 32.0 Å². The van der Waals surface area contributed by atoms with Gasteiger partial charge >= 0.3 is 5.97 Å². The predicted octanol–water partition coefficient (Wildman–Crippen LogP) is 3.70. The molecule has 2 heteroatoms. The lowest BCUT2D eigenvalue weighted by Gasteiger charge is -2.25. The van der Waals surface area contributed by atoms with Crippen molar-refractivity contribution in [3.8, 4) is 0 Å². The molecule has 17 heavy (non-hydrogen) atoms. The van der Waals surface area contributed by atoms with Gasteiger partial charge in [0.25, 0.3) is 0 Å². The Morgan fingerprint density at radius 3 is 2.88 bits per heavy atom. The largest absolute Gasteiger partial charge is 0.481 e. The molecule has 1 unspecified atom stereocenters. The molecule has 0 fully saturated rings. The first-order valence-electron chi connectivity index (χ1n) is 6.42. The number of carbonyl (C=O) groups is 1. The van der Waals surface area contributed by atoms with E-state index < -0.39 is 5.97 Å². The molecule has 0 saturated heterocycles. The summed E-state index contributed by atoms with van der Waals surface area (Å²) in [5.74, 6) is 0.0421. The number of aliphatic carboxylic acids is 1. The third kappa shape index (κ3) is 2.68. The van der Waals surface area contributed by atoms with Gasteiger partial charge in [0.2, 0.25) is 0 Å². The quantitative estimate of drug-likeness (QED) is 0.862. The van der Waals surface area contributed by atoms with Crippen LogP contribution in [0.15, 0.2) is 18.2 Å². The molecule has 0 spiro atoms. The lowest BCUT2D eigenvalue weighted by atomic mass is 9.79. The molecule has 1 N–H and O–H groups in total. The summed E-state index contributed by atoms with van der Waals surface area (Å²) in [6, 6.07) is 6.61. The summed E-state index contributed by atoms with van der Waals surface area (Å²) in [5.41, 5.74) is 3.96. The molecule has 1 aliphatic rings. The lowest BCUT2D eigenvalue weighted by molar-refractivity contribution is -0.137. The van der Waals surface area contributed by atoms with Gasteiger partial charge in [0.15, 0.2) is 0 Å². The zero-order valence-electron chi connectivity index (χ0n) is 10.6. The minimum atomic E-state index is -0.683. The number of hydrogen-bond acceptors (Lipinski definition) is 1. The van der Waals surface area contributed by atoms with Crippen molar-refractivity contribution in [1.29, 1.82) is 0 Å². The Bertz CT molecular complexity index is 421. The third-order valence-corrected chi connectivity index (χ3v) is 3.70. The zero-order chi connectivity index (χ0) is 12.4. The number of rotatable bonds is 3. The van der Waals surface area contributed by atoms with E-state index in [0.717, 1.165) is 19.3 Å². The summed E-state index contributed by atoms with van der Waals surface area (Å²) in [6.45, 7) is 4.35. The first kappa shape index (κ1) is 12.2. The van der Waals surface area contributed by atoms with Gasteiger partial charge in [0, 0.05) is 0 Å². The van der Waals surface area contributed by atoms with Gasteiger partial charge in [0.1, 0.15) is 0 Å². The van der Waals surface area contributed by atoms with Crippen molar-refractivity contribution < 1.29 is 9.90 Å². The third-order valence-electron chi connectivity index (χ3n) is 3.70. The Morgan fingerprint density at radius 2 is 2.24 bits per heavy atom. The van der Waals surface area contributed by atoms with Crippen LogP contribution in [0.4, 0.5) is 0 Å². The second-order valence-corrected chi connectivity index (χ2v) is 5.30. The fourth-order valence-corrected chi connectivity index (χ4v) is 2.70. The maximum atomic E-state index is 10.9. The molecule has 0 amide bonds. The van der Waals surface area contributed by atoms with E-state index >= 15 is 0 Å². The Hall–Kier alpha value is -1.31. The van der Waals surface area contributed by atoms with Gasteiger partial charge in [-0.3, -0.25) is 4.79 Å². The van der Waals surface area contributed by atoms with Crippen molar-refractivity contribution in [2.75, 3.05) is 0 Å². The van der Waals surface area contributed by atoms with Crippen molar-refractivity contribution in [1.82, 2.24) is 0 Å². The van der Waals surface area contributed by atoms with E-state index in [1.165, 1.54) is 16.7 Å². The Kier molecular flexibility index (Phi) is 3.51. The summed E-state index contributed by atoms with van der Waals surface area (Å²) in [4.78, 5) is 10.9. The molecule has 0 bridgehead atoms. The smallest absolute Gasteiger partial charge is 0.303 e. The second-order valence-electron chi connectivity index (χ2n) is 5.30. The van der Waals surface area contributed by atoms with Crippen LogP contribution in [0.2, 0.25) is 0 Å². The lowest BCUT2D eigenvalue weighted by Crippen LogP contribution is -2.14. The van der Waals surface area contributed by atoms with Crippen molar-refractivity contribution in [2.45, 2.75) is 51.4 Å². The van der Waals surface area contributed by atoms with Gasteiger partial charge in [-0.25, -0.2) is 0 Å². The number of carboxylic acids is 1. The normalized spacial score (nSPS) is 19.1. The molecule has 1 aliphatic carbocycles. The highest BCUT2D eigenvalue weighted by Crippen LogP contribution is 2.35. The van der Waals surface area contributed by atoms with Crippen LogP contribution in [0.1, 0.15) is 61.6 Å². The molecule has 1 aromatic carbocycles. The minimum Gasteiger partial charge on any atom is -0.481 e. The molecule has 92 valence electrons. The van der Waals surface area contributed by atoms with Crippen LogP contribution >= 0.6 is 0 Å². The van der Waals surface area contributed by atoms with E-state index in [-0.39, 0.29) is 12.3 Å². The molecular weight excluding hydrogens is 212 g/mol. The summed E-state index contributed by atoms with van der Waals surface area (Å²) in [5, 5.41) is 8.97. The van der Waals surface area contributed by atoms with Crippen LogP contribution in [0.25, 0.3) is 0 Å². The standard InChI is InChI=1S/C15H20O2/c1-10(2)12-7-6-11-4-3-5-13(9-15(16)17)14(11)8-12/h6-8,10,13H,3-5,9H2,1-2H3,(H,16,17). The van der Waals surface area contributed by atoms with Crippen LogP contribution in [0, 0.1) is 0 Å². The molecule has 0 aromatic heterocycles. The van der Waals surface area contributed by atoms with Crippen molar-refractivity contribution in [3.63, 3.8) is 0 Å². The Balaban J connectivity index is 2.33. The molecule has 0 saturated carbocycles. The van der Waals surface area contributed by atoms with Gasteiger partial charge in [0.05, 0.1) is 6.42 Å². The summed E-state index contributed by atoms with van der Waals surface area (Å²) in [6.07, 6.45) is 3.51. The minimum absolute atomic E-state index is 0.218.